The Labute approximate surface area is 111 Å². The molecule has 0 saturated heterocycles. The van der Waals surface area contributed by atoms with Gasteiger partial charge in [-0.1, -0.05) is 17.7 Å². The van der Waals surface area contributed by atoms with E-state index < -0.39 is 10.1 Å². The molecular weight excluding hydrogens is 264 g/mol. The van der Waals surface area contributed by atoms with Gasteiger partial charge in [-0.25, -0.2) is 0 Å². The van der Waals surface area contributed by atoms with Crippen molar-refractivity contribution in [2.24, 2.45) is 10.2 Å². The molecule has 2 aromatic carbocycles. The largest absolute Gasteiger partial charge is 0.294 e. The molecule has 0 heterocycles. The normalized spacial score (nSPS) is 11.9. The second kappa shape index (κ2) is 5.29. The minimum atomic E-state index is -4.16. The molecule has 2 rings (SSSR count). The fourth-order valence-electron chi connectivity index (χ4n) is 1.41. The zero-order valence-electron chi connectivity index (χ0n) is 10.2. The van der Waals surface area contributed by atoms with Crippen LogP contribution in [0.4, 0.5) is 11.4 Å². The summed E-state index contributed by atoms with van der Waals surface area (Å²) in [5, 5.41) is 8.00. The van der Waals surface area contributed by atoms with Crippen LogP contribution in [0.15, 0.2) is 63.7 Å². The van der Waals surface area contributed by atoms with E-state index in [2.05, 4.69) is 10.2 Å². The Balaban J connectivity index is 2.18. The highest BCUT2D eigenvalue weighted by Gasteiger charge is 2.07. The molecule has 0 spiro atoms. The lowest BCUT2D eigenvalue weighted by atomic mass is 10.2. The van der Waals surface area contributed by atoms with E-state index in [1.807, 2.05) is 31.2 Å². The number of hydrogen-bond donors (Lipinski definition) is 1. The molecule has 5 nitrogen and oxygen atoms in total. The smallest absolute Gasteiger partial charge is 0.282 e. The van der Waals surface area contributed by atoms with Crippen LogP contribution in [0.3, 0.4) is 0 Å². The van der Waals surface area contributed by atoms with Gasteiger partial charge >= 0.3 is 0 Å². The number of nitrogens with zero attached hydrogens (tertiary/aromatic N) is 2. The van der Waals surface area contributed by atoms with Crippen molar-refractivity contribution in [1.29, 1.82) is 0 Å². The molecule has 0 unspecified atom stereocenters. The molecule has 19 heavy (non-hydrogen) atoms. The van der Waals surface area contributed by atoms with Gasteiger partial charge in [-0.3, -0.25) is 4.55 Å². The number of rotatable bonds is 3. The highest BCUT2D eigenvalue weighted by molar-refractivity contribution is 7.85. The van der Waals surface area contributed by atoms with Gasteiger partial charge in [0.05, 0.1) is 16.3 Å². The Kier molecular flexibility index (Phi) is 3.73. The van der Waals surface area contributed by atoms with Crippen molar-refractivity contribution in [2.45, 2.75) is 11.8 Å². The Morgan fingerprint density at radius 2 is 1.26 bits per heavy atom. The standard InChI is InChI=1S/C13H12N2O3S/c1-10-2-4-11(5-3-10)14-15-12-6-8-13(9-7-12)19(16,17)18/h2-9H,1H3,(H,16,17,18)/b15-14+. The van der Waals surface area contributed by atoms with Gasteiger partial charge in [0, 0.05) is 0 Å². The van der Waals surface area contributed by atoms with E-state index in [9.17, 15) is 8.42 Å². The van der Waals surface area contributed by atoms with Crippen molar-refractivity contribution < 1.29 is 13.0 Å². The van der Waals surface area contributed by atoms with E-state index in [-0.39, 0.29) is 4.90 Å². The molecule has 0 bridgehead atoms. The molecule has 0 amide bonds. The molecule has 0 aliphatic rings. The third-order valence-corrected chi connectivity index (χ3v) is 3.32. The maximum absolute atomic E-state index is 10.9. The van der Waals surface area contributed by atoms with Crippen LogP contribution in [0.1, 0.15) is 5.56 Å². The first-order valence-electron chi connectivity index (χ1n) is 5.51. The summed E-state index contributed by atoms with van der Waals surface area (Å²) < 4.78 is 30.5. The average Bonchev–Trinajstić information content (AvgIpc) is 2.37. The van der Waals surface area contributed by atoms with Crippen molar-refractivity contribution in [3.8, 4) is 0 Å². The van der Waals surface area contributed by atoms with Crippen molar-refractivity contribution in [3.63, 3.8) is 0 Å². The van der Waals surface area contributed by atoms with Gasteiger partial charge in [-0.15, -0.1) is 0 Å². The molecule has 0 fully saturated rings. The van der Waals surface area contributed by atoms with E-state index in [1.165, 1.54) is 24.3 Å². The second-order valence-corrected chi connectivity index (χ2v) is 5.43. The van der Waals surface area contributed by atoms with Crippen LogP contribution in [0.25, 0.3) is 0 Å². The van der Waals surface area contributed by atoms with Crippen LogP contribution in [-0.2, 0) is 10.1 Å². The monoisotopic (exact) mass is 276 g/mol. The van der Waals surface area contributed by atoms with Gasteiger partial charge in [-0.2, -0.15) is 18.6 Å². The first kappa shape index (κ1) is 13.4. The van der Waals surface area contributed by atoms with Crippen LogP contribution in [0.5, 0.6) is 0 Å². The van der Waals surface area contributed by atoms with Crippen molar-refractivity contribution in [2.75, 3.05) is 0 Å². The number of benzene rings is 2. The molecule has 2 aromatic rings. The zero-order chi connectivity index (χ0) is 13.9. The first-order chi connectivity index (χ1) is 8.95. The maximum atomic E-state index is 10.9. The molecule has 0 atom stereocenters. The third-order valence-electron chi connectivity index (χ3n) is 2.45. The van der Waals surface area contributed by atoms with Gasteiger partial charge < -0.3 is 0 Å². The minimum absolute atomic E-state index is 0.165. The van der Waals surface area contributed by atoms with Gasteiger partial charge in [0.1, 0.15) is 0 Å². The highest BCUT2D eigenvalue weighted by atomic mass is 32.2. The van der Waals surface area contributed by atoms with Crippen LogP contribution in [-0.4, -0.2) is 13.0 Å². The summed E-state index contributed by atoms with van der Waals surface area (Å²) in [7, 11) is -4.16. The predicted octanol–water partition coefficient (Wildman–Crippen LogP) is 3.66. The molecule has 0 aliphatic heterocycles. The maximum Gasteiger partial charge on any atom is 0.294 e. The molecular formula is C13H12N2O3S. The van der Waals surface area contributed by atoms with Crippen molar-refractivity contribution in [3.05, 3.63) is 54.1 Å². The first-order valence-corrected chi connectivity index (χ1v) is 6.95. The predicted molar refractivity (Wildman–Crippen MR) is 71.6 cm³/mol. The summed E-state index contributed by atoms with van der Waals surface area (Å²) in [6, 6.07) is 13.0. The van der Waals surface area contributed by atoms with Crippen LogP contribution in [0.2, 0.25) is 0 Å². The van der Waals surface area contributed by atoms with E-state index in [0.29, 0.717) is 11.4 Å². The van der Waals surface area contributed by atoms with Crippen LogP contribution < -0.4 is 0 Å². The third kappa shape index (κ3) is 3.70. The SMILES string of the molecule is Cc1ccc(/N=N/c2ccc(S(=O)(=O)O)cc2)cc1. The number of hydrogen-bond acceptors (Lipinski definition) is 4. The average molecular weight is 276 g/mol. The molecule has 0 radical (unpaired) electrons. The summed E-state index contributed by atoms with van der Waals surface area (Å²) in [5.41, 5.74) is 2.36. The van der Waals surface area contributed by atoms with E-state index >= 15 is 0 Å². The molecule has 0 aromatic heterocycles. The molecule has 1 N–H and O–H groups in total. The Hall–Kier alpha value is -2.05. The topological polar surface area (TPSA) is 79.1 Å². The summed E-state index contributed by atoms with van der Waals surface area (Å²) in [6.45, 7) is 1.98. The Bertz CT molecular complexity index is 690. The van der Waals surface area contributed by atoms with Gasteiger partial charge in [0.15, 0.2) is 0 Å². The Morgan fingerprint density at radius 1 is 0.842 bits per heavy atom. The fraction of sp³-hybridized carbons (Fsp3) is 0.0769. The summed E-state index contributed by atoms with van der Waals surface area (Å²) in [5.74, 6) is 0. The minimum Gasteiger partial charge on any atom is -0.282 e. The molecule has 0 aliphatic carbocycles. The van der Waals surface area contributed by atoms with E-state index in [1.54, 1.807) is 0 Å². The number of aryl methyl sites for hydroxylation is 1. The lowest BCUT2D eigenvalue weighted by Crippen LogP contribution is -1.96. The second-order valence-electron chi connectivity index (χ2n) is 4.00. The summed E-state index contributed by atoms with van der Waals surface area (Å²) in [6.07, 6.45) is 0. The molecule has 6 heteroatoms. The summed E-state index contributed by atoms with van der Waals surface area (Å²) >= 11 is 0. The van der Waals surface area contributed by atoms with Gasteiger partial charge in [0.25, 0.3) is 10.1 Å². The highest BCUT2D eigenvalue weighted by Crippen LogP contribution is 2.20. The van der Waals surface area contributed by atoms with Gasteiger partial charge in [-0.05, 0) is 43.3 Å². The zero-order valence-corrected chi connectivity index (χ0v) is 11.0. The fourth-order valence-corrected chi connectivity index (χ4v) is 1.89. The quantitative estimate of drug-likeness (QED) is 0.686. The van der Waals surface area contributed by atoms with Crippen LogP contribution >= 0.6 is 0 Å². The summed E-state index contributed by atoms with van der Waals surface area (Å²) in [4.78, 5) is -0.165. The van der Waals surface area contributed by atoms with E-state index in [4.69, 9.17) is 4.55 Å². The molecule has 98 valence electrons. The number of azo groups is 1. The van der Waals surface area contributed by atoms with Crippen molar-refractivity contribution >= 4 is 21.5 Å². The molecule has 0 saturated carbocycles. The van der Waals surface area contributed by atoms with Crippen LogP contribution in [0, 0.1) is 6.92 Å². The lowest BCUT2D eigenvalue weighted by molar-refractivity contribution is 0.483. The lowest BCUT2D eigenvalue weighted by Gasteiger charge is -1.97. The Morgan fingerprint density at radius 3 is 1.68 bits per heavy atom. The van der Waals surface area contributed by atoms with Gasteiger partial charge in [0.2, 0.25) is 0 Å². The van der Waals surface area contributed by atoms with E-state index in [0.717, 1.165) is 5.56 Å². The van der Waals surface area contributed by atoms with Crippen molar-refractivity contribution in [1.82, 2.24) is 0 Å².